The Hall–Kier alpha value is -1.71. The molecule has 1 aromatic rings. The zero-order valence-electron chi connectivity index (χ0n) is 34.6. The molecule has 9 heteroatoms. The highest BCUT2D eigenvalue weighted by molar-refractivity contribution is 5.49. The summed E-state index contributed by atoms with van der Waals surface area (Å²) in [6.45, 7) is 38.1. The van der Waals surface area contributed by atoms with E-state index in [0.717, 1.165) is 76.0 Å². The van der Waals surface area contributed by atoms with Crippen LogP contribution < -0.4 is 14.7 Å². The molecule has 1 aromatic heterocycles. The van der Waals surface area contributed by atoms with Crippen molar-refractivity contribution in [3.8, 4) is 0 Å². The van der Waals surface area contributed by atoms with Crippen molar-refractivity contribution in [3.63, 3.8) is 0 Å². The van der Waals surface area contributed by atoms with E-state index in [1.165, 1.54) is 0 Å². The van der Waals surface area contributed by atoms with E-state index in [1.807, 2.05) is 0 Å². The molecular weight excluding hydrogens is 594 g/mol. The zero-order valence-corrected chi connectivity index (χ0v) is 34.6. The Labute approximate surface area is 296 Å². The highest BCUT2D eigenvalue weighted by Gasteiger charge is 2.48. The van der Waals surface area contributed by atoms with Gasteiger partial charge in [0.25, 0.3) is 0 Å². The number of piperidine rings is 3. The van der Waals surface area contributed by atoms with Crippen LogP contribution in [-0.4, -0.2) is 122 Å². The van der Waals surface area contributed by atoms with Crippen LogP contribution >= 0.6 is 0 Å². The van der Waals surface area contributed by atoms with Crippen LogP contribution in [0.15, 0.2) is 0 Å². The molecule has 48 heavy (non-hydrogen) atoms. The van der Waals surface area contributed by atoms with Crippen molar-refractivity contribution in [3.05, 3.63) is 0 Å². The Balaban J connectivity index is 1.86. The SMILES string of the molecule is CCN(c1nc(N(CC)C2CC(C)(C)N(C)C(C)(C)C2)nc(N(CC)C2CC(C)(C)N(C)C(C)(C)C2)n1)C1CC(C)(C)N(C)C(C)(C)C1. The first-order valence-corrected chi connectivity index (χ1v) is 19.1. The van der Waals surface area contributed by atoms with Crippen molar-refractivity contribution >= 4 is 17.8 Å². The monoisotopic (exact) mass is 670 g/mol. The Morgan fingerprint density at radius 2 is 0.583 bits per heavy atom. The molecule has 0 atom stereocenters. The highest BCUT2D eigenvalue weighted by Crippen LogP contribution is 2.43. The van der Waals surface area contributed by atoms with E-state index in [0.29, 0.717) is 18.1 Å². The van der Waals surface area contributed by atoms with Crippen LogP contribution in [0.25, 0.3) is 0 Å². The van der Waals surface area contributed by atoms with Crippen molar-refractivity contribution in [1.82, 2.24) is 29.7 Å². The first kappa shape index (κ1) is 39.1. The van der Waals surface area contributed by atoms with Gasteiger partial charge >= 0.3 is 0 Å². The number of anilines is 3. The summed E-state index contributed by atoms with van der Waals surface area (Å²) in [6, 6.07) is 1.02. The van der Waals surface area contributed by atoms with Gasteiger partial charge in [-0.25, -0.2) is 0 Å². The molecule has 0 aliphatic carbocycles. The molecule has 0 amide bonds. The summed E-state index contributed by atoms with van der Waals surface area (Å²) >= 11 is 0. The molecule has 0 saturated carbocycles. The number of nitrogens with zero attached hydrogens (tertiary/aromatic N) is 9. The average molecular weight is 670 g/mol. The zero-order chi connectivity index (χ0) is 36.4. The van der Waals surface area contributed by atoms with Crippen LogP contribution in [0.1, 0.15) is 142 Å². The van der Waals surface area contributed by atoms with Crippen molar-refractivity contribution in [2.24, 2.45) is 0 Å². The fourth-order valence-corrected chi connectivity index (χ4v) is 10.0. The maximum Gasteiger partial charge on any atom is 0.232 e. The molecule has 3 fully saturated rings. The van der Waals surface area contributed by atoms with E-state index >= 15 is 0 Å². The summed E-state index contributed by atoms with van der Waals surface area (Å²) in [7, 11) is 6.87. The van der Waals surface area contributed by atoms with Gasteiger partial charge in [0.15, 0.2) is 0 Å². The highest BCUT2D eigenvalue weighted by atomic mass is 15.4. The van der Waals surface area contributed by atoms with Gasteiger partial charge in [0, 0.05) is 71.0 Å². The summed E-state index contributed by atoms with van der Waals surface area (Å²) in [5.41, 5.74) is 0.417. The standard InChI is InChI=1S/C39H75N9/c1-19-46(28-22-34(4,5)43(16)35(6,7)23-28)31-40-32(47(20-2)29-24-36(8,9)44(17)37(10,11)25-29)42-33(41-31)48(21-3)30-26-38(12,13)45(18)39(14,15)27-30/h28-30H,19-27H2,1-18H3. The third-order valence-corrected chi connectivity index (χ3v) is 13.6. The number of aromatic nitrogens is 3. The predicted molar refractivity (Wildman–Crippen MR) is 206 cm³/mol. The minimum atomic E-state index is 0.0695. The van der Waals surface area contributed by atoms with Gasteiger partial charge in [-0.3, -0.25) is 14.7 Å². The molecule has 0 spiro atoms. The fraction of sp³-hybridized carbons (Fsp3) is 0.923. The molecule has 0 bridgehead atoms. The molecule has 276 valence electrons. The summed E-state index contributed by atoms with van der Waals surface area (Å²) in [5.74, 6) is 2.52. The van der Waals surface area contributed by atoms with Gasteiger partial charge in [0.05, 0.1) is 0 Å². The third-order valence-electron chi connectivity index (χ3n) is 13.6. The smallest absolute Gasteiger partial charge is 0.232 e. The van der Waals surface area contributed by atoms with Crippen molar-refractivity contribution in [2.45, 2.75) is 194 Å². The van der Waals surface area contributed by atoms with Gasteiger partial charge in [-0.15, -0.1) is 0 Å². The van der Waals surface area contributed by atoms with Crippen LogP contribution in [-0.2, 0) is 0 Å². The maximum absolute atomic E-state index is 5.45. The summed E-state index contributed by atoms with van der Waals surface area (Å²) in [6.07, 6.45) is 6.42. The maximum atomic E-state index is 5.45. The van der Waals surface area contributed by atoms with Gasteiger partial charge in [0.2, 0.25) is 17.8 Å². The Kier molecular flexibility index (Phi) is 10.7. The van der Waals surface area contributed by atoms with E-state index in [1.54, 1.807) is 0 Å². The minimum Gasteiger partial charge on any atom is -0.338 e. The molecule has 3 aliphatic heterocycles. The number of hydrogen-bond acceptors (Lipinski definition) is 9. The predicted octanol–water partition coefficient (Wildman–Crippen LogP) is 7.30. The van der Waals surface area contributed by atoms with Crippen LogP contribution in [0.4, 0.5) is 17.8 Å². The quantitative estimate of drug-likeness (QED) is 0.270. The van der Waals surface area contributed by atoms with Gasteiger partial charge in [0.1, 0.15) is 0 Å². The van der Waals surface area contributed by atoms with Crippen molar-refractivity contribution in [1.29, 1.82) is 0 Å². The lowest BCUT2D eigenvalue weighted by molar-refractivity contribution is -0.0128. The van der Waals surface area contributed by atoms with E-state index in [2.05, 4.69) is 154 Å². The number of likely N-dealkylation sites (tertiary alicyclic amines) is 3. The Morgan fingerprint density at radius 1 is 0.417 bits per heavy atom. The number of rotatable bonds is 9. The second kappa shape index (κ2) is 13.1. The van der Waals surface area contributed by atoms with Gasteiger partial charge < -0.3 is 14.7 Å². The lowest BCUT2D eigenvalue weighted by Gasteiger charge is -2.56. The van der Waals surface area contributed by atoms with Gasteiger partial charge in [-0.1, -0.05) is 0 Å². The summed E-state index contributed by atoms with van der Waals surface area (Å²) in [4.78, 5) is 31.6. The molecule has 0 unspecified atom stereocenters. The molecule has 4 rings (SSSR count). The van der Waals surface area contributed by atoms with Crippen molar-refractivity contribution < 1.29 is 0 Å². The van der Waals surface area contributed by atoms with Crippen LogP contribution in [0.3, 0.4) is 0 Å². The molecule has 3 saturated heterocycles. The van der Waals surface area contributed by atoms with Crippen molar-refractivity contribution in [2.75, 3.05) is 55.5 Å². The lowest BCUT2D eigenvalue weighted by atomic mass is 9.77. The van der Waals surface area contributed by atoms with E-state index in [-0.39, 0.29) is 33.2 Å². The van der Waals surface area contributed by atoms with Gasteiger partial charge in [-0.2, -0.15) is 15.0 Å². The van der Waals surface area contributed by atoms with Crippen LogP contribution in [0.5, 0.6) is 0 Å². The lowest BCUT2D eigenvalue weighted by Crippen LogP contribution is -2.63. The average Bonchev–Trinajstić information content (AvgIpc) is 2.94. The summed E-state index contributed by atoms with van der Waals surface area (Å²) < 4.78 is 0. The Morgan fingerprint density at radius 3 is 0.729 bits per heavy atom. The topological polar surface area (TPSA) is 58.1 Å². The largest absolute Gasteiger partial charge is 0.338 e. The van der Waals surface area contributed by atoms with Crippen LogP contribution in [0, 0.1) is 0 Å². The van der Waals surface area contributed by atoms with E-state index in [4.69, 9.17) is 15.0 Å². The second-order valence-electron chi connectivity index (χ2n) is 19.3. The molecule has 9 nitrogen and oxygen atoms in total. The molecular formula is C39H75N9. The first-order valence-electron chi connectivity index (χ1n) is 19.1. The molecule has 0 radical (unpaired) electrons. The molecule has 0 aromatic carbocycles. The molecule has 4 heterocycles. The first-order chi connectivity index (χ1) is 21.8. The normalized spacial score (nSPS) is 26.4. The van der Waals surface area contributed by atoms with Crippen LogP contribution in [0.2, 0.25) is 0 Å². The molecule has 3 aliphatic rings. The molecule has 0 N–H and O–H groups in total. The third kappa shape index (κ3) is 7.35. The van der Waals surface area contributed by atoms with E-state index in [9.17, 15) is 0 Å². The van der Waals surface area contributed by atoms with Gasteiger partial charge in [-0.05, 0) is 164 Å². The summed E-state index contributed by atoms with van der Waals surface area (Å²) in [5, 5.41) is 0. The number of hydrogen-bond donors (Lipinski definition) is 0. The minimum absolute atomic E-state index is 0.0695. The second-order valence-corrected chi connectivity index (χ2v) is 19.3. The fourth-order valence-electron chi connectivity index (χ4n) is 10.0. The van der Waals surface area contributed by atoms with E-state index < -0.39 is 0 Å². The Bertz CT molecular complexity index is 1050.